The summed E-state index contributed by atoms with van der Waals surface area (Å²) in [6, 6.07) is 6.17. The second kappa shape index (κ2) is 6.37. The van der Waals surface area contributed by atoms with Gasteiger partial charge in [-0.3, -0.25) is 14.7 Å². The van der Waals surface area contributed by atoms with Crippen LogP contribution in [0, 0.1) is 0 Å². The zero-order valence-electron chi connectivity index (χ0n) is 12.1. The Morgan fingerprint density at radius 3 is 2.52 bits per heavy atom. The molecule has 0 radical (unpaired) electrons. The number of hydrogen-bond donors (Lipinski definition) is 0. The van der Waals surface area contributed by atoms with Crippen LogP contribution >= 0.6 is 11.3 Å². The lowest BCUT2D eigenvalue weighted by molar-refractivity contribution is 0.0582. The Kier molecular flexibility index (Phi) is 4.31. The molecular weight excluding hydrogens is 282 g/mol. The van der Waals surface area contributed by atoms with Gasteiger partial charge in [0.15, 0.2) is 0 Å². The van der Waals surface area contributed by atoms with Crippen molar-refractivity contribution in [3.63, 3.8) is 0 Å². The summed E-state index contributed by atoms with van der Waals surface area (Å²) in [5.41, 5.74) is 2.10. The molecule has 110 valence electrons. The first-order chi connectivity index (χ1) is 10.3. The topological polar surface area (TPSA) is 36.4 Å². The molecule has 5 heteroatoms. The Morgan fingerprint density at radius 1 is 1.19 bits per heavy atom. The monoisotopic (exact) mass is 301 g/mol. The van der Waals surface area contributed by atoms with Gasteiger partial charge < -0.3 is 4.90 Å². The molecule has 0 saturated carbocycles. The van der Waals surface area contributed by atoms with Gasteiger partial charge in [-0.1, -0.05) is 0 Å². The van der Waals surface area contributed by atoms with Crippen molar-refractivity contribution in [1.29, 1.82) is 0 Å². The predicted octanol–water partition coefficient (Wildman–Crippen LogP) is 2.66. The lowest BCUT2D eigenvalue weighted by atomic mass is 10.1. The van der Waals surface area contributed by atoms with Crippen molar-refractivity contribution in [3.8, 4) is 0 Å². The fourth-order valence-electron chi connectivity index (χ4n) is 2.71. The van der Waals surface area contributed by atoms with Crippen molar-refractivity contribution in [3.05, 3.63) is 52.5 Å². The number of rotatable bonds is 3. The van der Waals surface area contributed by atoms with Crippen molar-refractivity contribution in [2.75, 3.05) is 26.2 Å². The molecular formula is C16H19N3OS. The van der Waals surface area contributed by atoms with Gasteiger partial charge in [-0.25, -0.2) is 0 Å². The van der Waals surface area contributed by atoms with Gasteiger partial charge in [-0.15, -0.1) is 0 Å². The number of pyridine rings is 1. The summed E-state index contributed by atoms with van der Waals surface area (Å²) in [5.74, 6) is 0.111. The Hall–Kier alpha value is -1.72. The predicted molar refractivity (Wildman–Crippen MR) is 84.4 cm³/mol. The van der Waals surface area contributed by atoms with E-state index < -0.39 is 0 Å². The molecule has 1 atom stereocenters. The van der Waals surface area contributed by atoms with Crippen LogP contribution in [0.5, 0.6) is 0 Å². The molecule has 1 amide bonds. The molecule has 0 spiro atoms. The first-order valence-corrected chi connectivity index (χ1v) is 8.15. The van der Waals surface area contributed by atoms with E-state index in [4.69, 9.17) is 0 Å². The van der Waals surface area contributed by atoms with E-state index in [1.165, 1.54) is 5.56 Å². The first kappa shape index (κ1) is 14.2. The van der Waals surface area contributed by atoms with E-state index in [0.717, 1.165) is 31.7 Å². The molecule has 0 aromatic carbocycles. The van der Waals surface area contributed by atoms with E-state index in [-0.39, 0.29) is 5.91 Å². The molecule has 0 bridgehead atoms. The molecule has 4 nitrogen and oxygen atoms in total. The SMILES string of the molecule is C[C@H](c1ccsc1)N1CCN(C(=O)c2ccncc2)CC1. The Balaban J connectivity index is 1.59. The van der Waals surface area contributed by atoms with Crippen molar-refractivity contribution in [2.45, 2.75) is 13.0 Å². The molecule has 2 aromatic heterocycles. The second-order valence-electron chi connectivity index (χ2n) is 5.30. The lowest BCUT2D eigenvalue weighted by Gasteiger charge is -2.38. The molecule has 1 fully saturated rings. The number of amides is 1. The van der Waals surface area contributed by atoms with E-state index in [9.17, 15) is 4.79 Å². The zero-order valence-corrected chi connectivity index (χ0v) is 12.9. The summed E-state index contributed by atoms with van der Waals surface area (Å²) in [5, 5.41) is 4.33. The summed E-state index contributed by atoms with van der Waals surface area (Å²) in [4.78, 5) is 20.7. The average Bonchev–Trinajstić information content (AvgIpc) is 3.09. The highest BCUT2D eigenvalue weighted by atomic mass is 32.1. The third-order valence-electron chi connectivity index (χ3n) is 4.10. The quantitative estimate of drug-likeness (QED) is 0.874. The first-order valence-electron chi connectivity index (χ1n) is 7.21. The standard InChI is InChI=1S/C16H19N3OS/c1-13(15-4-11-21-12-15)18-7-9-19(10-8-18)16(20)14-2-5-17-6-3-14/h2-6,11-13H,7-10H2,1H3/t13-/m1/s1. The summed E-state index contributed by atoms with van der Waals surface area (Å²) >= 11 is 1.74. The summed E-state index contributed by atoms with van der Waals surface area (Å²) in [7, 11) is 0. The number of piperazine rings is 1. The maximum absolute atomic E-state index is 12.4. The van der Waals surface area contributed by atoms with Gasteiger partial charge in [-0.05, 0) is 41.4 Å². The van der Waals surface area contributed by atoms with Gasteiger partial charge in [0.05, 0.1) is 0 Å². The minimum atomic E-state index is 0.111. The second-order valence-corrected chi connectivity index (χ2v) is 6.08. The highest BCUT2D eigenvalue weighted by molar-refractivity contribution is 7.07. The van der Waals surface area contributed by atoms with Crippen LogP contribution < -0.4 is 0 Å². The number of carbonyl (C=O) groups excluding carboxylic acids is 1. The highest BCUT2D eigenvalue weighted by Crippen LogP contribution is 2.23. The minimum Gasteiger partial charge on any atom is -0.336 e. The van der Waals surface area contributed by atoms with Crippen molar-refractivity contribution >= 4 is 17.2 Å². The molecule has 3 heterocycles. The maximum Gasteiger partial charge on any atom is 0.254 e. The van der Waals surface area contributed by atoms with E-state index in [0.29, 0.717) is 6.04 Å². The Morgan fingerprint density at radius 2 is 1.90 bits per heavy atom. The summed E-state index contributed by atoms with van der Waals surface area (Å²) in [6.07, 6.45) is 3.34. The van der Waals surface area contributed by atoms with E-state index >= 15 is 0 Å². The van der Waals surface area contributed by atoms with Crippen LogP contribution in [0.25, 0.3) is 0 Å². The van der Waals surface area contributed by atoms with E-state index in [2.05, 4.69) is 33.6 Å². The van der Waals surface area contributed by atoms with Crippen molar-refractivity contribution in [2.24, 2.45) is 0 Å². The smallest absolute Gasteiger partial charge is 0.254 e. The normalized spacial score (nSPS) is 17.7. The maximum atomic E-state index is 12.4. The largest absolute Gasteiger partial charge is 0.336 e. The van der Waals surface area contributed by atoms with Crippen LogP contribution in [-0.4, -0.2) is 46.9 Å². The molecule has 0 unspecified atom stereocenters. The average molecular weight is 301 g/mol. The number of aromatic nitrogens is 1. The van der Waals surface area contributed by atoms with Crippen LogP contribution in [0.3, 0.4) is 0 Å². The molecule has 2 aromatic rings. The highest BCUT2D eigenvalue weighted by Gasteiger charge is 2.25. The lowest BCUT2D eigenvalue weighted by Crippen LogP contribution is -2.49. The Labute approximate surface area is 129 Å². The fraction of sp³-hybridized carbons (Fsp3) is 0.375. The number of hydrogen-bond acceptors (Lipinski definition) is 4. The molecule has 0 aliphatic carbocycles. The van der Waals surface area contributed by atoms with Crippen LogP contribution in [0.2, 0.25) is 0 Å². The van der Waals surface area contributed by atoms with E-state index in [1.807, 2.05) is 4.90 Å². The van der Waals surface area contributed by atoms with Crippen molar-refractivity contribution < 1.29 is 4.79 Å². The molecule has 1 aliphatic heterocycles. The third kappa shape index (κ3) is 3.14. The van der Waals surface area contributed by atoms with Crippen LogP contribution in [0.15, 0.2) is 41.4 Å². The van der Waals surface area contributed by atoms with Gasteiger partial charge in [0, 0.05) is 50.2 Å². The van der Waals surface area contributed by atoms with Gasteiger partial charge in [0.1, 0.15) is 0 Å². The van der Waals surface area contributed by atoms with Gasteiger partial charge in [0.2, 0.25) is 0 Å². The molecule has 3 rings (SSSR count). The van der Waals surface area contributed by atoms with Gasteiger partial charge >= 0.3 is 0 Å². The fourth-order valence-corrected chi connectivity index (χ4v) is 3.46. The summed E-state index contributed by atoms with van der Waals surface area (Å²) < 4.78 is 0. The van der Waals surface area contributed by atoms with E-state index in [1.54, 1.807) is 35.9 Å². The molecule has 21 heavy (non-hydrogen) atoms. The zero-order chi connectivity index (χ0) is 14.7. The Bertz CT molecular complexity index is 577. The van der Waals surface area contributed by atoms with Gasteiger partial charge in [-0.2, -0.15) is 11.3 Å². The molecule has 0 N–H and O–H groups in total. The van der Waals surface area contributed by atoms with Crippen LogP contribution in [-0.2, 0) is 0 Å². The number of nitrogens with zero attached hydrogens (tertiary/aromatic N) is 3. The van der Waals surface area contributed by atoms with Crippen LogP contribution in [0.1, 0.15) is 28.9 Å². The van der Waals surface area contributed by atoms with Crippen molar-refractivity contribution in [1.82, 2.24) is 14.8 Å². The number of carbonyl (C=O) groups is 1. The molecule has 1 aliphatic rings. The minimum absolute atomic E-state index is 0.111. The van der Waals surface area contributed by atoms with Gasteiger partial charge in [0.25, 0.3) is 5.91 Å². The molecule has 1 saturated heterocycles. The number of thiophene rings is 1. The summed E-state index contributed by atoms with van der Waals surface area (Å²) in [6.45, 7) is 5.66. The third-order valence-corrected chi connectivity index (χ3v) is 4.80. The van der Waals surface area contributed by atoms with Crippen LogP contribution in [0.4, 0.5) is 0 Å².